The van der Waals surface area contributed by atoms with E-state index in [0.29, 0.717) is 19.1 Å². The maximum atomic E-state index is 5.84. The average molecular weight is 430 g/mol. The Hall–Kier alpha value is -2.12. The molecule has 1 unspecified atom stereocenters. The fourth-order valence-electron chi connectivity index (χ4n) is 3.37. The first kappa shape index (κ1) is 22.6. The first-order valence-corrected chi connectivity index (χ1v) is 12.0. The van der Waals surface area contributed by atoms with Gasteiger partial charge in [0, 0.05) is 44.5 Å². The molecule has 3 rings (SSSR count). The molecule has 6 nitrogen and oxygen atoms in total. The molecule has 1 aliphatic heterocycles. The Morgan fingerprint density at radius 3 is 2.80 bits per heavy atom. The fourth-order valence-corrected chi connectivity index (χ4v) is 4.28. The van der Waals surface area contributed by atoms with Gasteiger partial charge in [0.2, 0.25) is 0 Å². The molecule has 0 spiro atoms. The minimum atomic E-state index is 0.366. The van der Waals surface area contributed by atoms with Crippen molar-refractivity contribution in [1.29, 1.82) is 0 Å². The zero-order valence-corrected chi connectivity index (χ0v) is 19.1. The summed E-state index contributed by atoms with van der Waals surface area (Å²) in [6.45, 7) is 10.3. The van der Waals surface area contributed by atoms with Crippen LogP contribution < -0.4 is 15.5 Å². The summed E-state index contributed by atoms with van der Waals surface area (Å²) in [6, 6.07) is 10.3. The van der Waals surface area contributed by atoms with Crippen molar-refractivity contribution in [2.75, 3.05) is 44.2 Å². The molecule has 7 heteroatoms. The number of thiazole rings is 1. The number of guanidine groups is 1. The van der Waals surface area contributed by atoms with Gasteiger partial charge in [-0.3, -0.25) is 4.99 Å². The van der Waals surface area contributed by atoms with E-state index < -0.39 is 0 Å². The highest BCUT2D eigenvalue weighted by molar-refractivity contribution is 7.13. The molecule has 0 saturated carbocycles. The SMILES string of the molecule is CCNC(=NCC(C)COCc1ccccc1)NCCc1csc(N2CCCC2)n1. The lowest BCUT2D eigenvalue weighted by Crippen LogP contribution is -2.38. The number of ether oxygens (including phenoxy) is 1. The number of aliphatic imine (C=N–C) groups is 1. The van der Waals surface area contributed by atoms with Gasteiger partial charge in [0.05, 0.1) is 18.9 Å². The van der Waals surface area contributed by atoms with Crippen LogP contribution >= 0.6 is 11.3 Å². The fraction of sp³-hybridized carbons (Fsp3) is 0.565. The van der Waals surface area contributed by atoms with Crippen LogP contribution in [0.2, 0.25) is 0 Å². The van der Waals surface area contributed by atoms with Crippen molar-refractivity contribution in [3.05, 3.63) is 47.0 Å². The maximum Gasteiger partial charge on any atom is 0.191 e. The van der Waals surface area contributed by atoms with Crippen LogP contribution in [0.1, 0.15) is 37.9 Å². The zero-order valence-electron chi connectivity index (χ0n) is 18.3. The van der Waals surface area contributed by atoms with Crippen LogP contribution in [-0.4, -0.2) is 50.3 Å². The van der Waals surface area contributed by atoms with E-state index in [1.807, 2.05) is 18.2 Å². The Morgan fingerprint density at radius 2 is 2.03 bits per heavy atom. The lowest BCUT2D eigenvalue weighted by atomic mass is 10.2. The number of benzene rings is 1. The predicted molar refractivity (Wildman–Crippen MR) is 127 cm³/mol. The molecule has 2 N–H and O–H groups in total. The molecule has 0 amide bonds. The van der Waals surface area contributed by atoms with Crippen molar-refractivity contribution in [1.82, 2.24) is 15.6 Å². The van der Waals surface area contributed by atoms with E-state index in [2.05, 4.69) is 46.9 Å². The summed E-state index contributed by atoms with van der Waals surface area (Å²) in [5, 5.41) is 10.1. The van der Waals surface area contributed by atoms with Crippen LogP contribution in [0.25, 0.3) is 0 Å². The number of nitrogens with zero attached hydrogens (tertiary/aromatic N) is 3. The van der Waals surface area contributed by atoms with E-state index in [0.717, 1.165) is 50.8 Å². The van der Waals surface area contributed by atoms with Crippen molar-refractivity contribution in [2.45, 2.75) is 39.7 Å². The Kier molecular flexibility index (Phi) is 9.44. The topological polar surface area (TPSA) is 61.8 Å². The predicted octanol–water partition coefficient (Wildman–Crippen LogP) is 3.69. The summed E-state index contributed by atoms with van der Waals surface area (Å²) in [5.74, 6) is 1.23. The standard InChI is InChI=1S/C23H35N5OS/c1-3-24-22(26-15-19(2)16-29-17-20-9-5-4-6-10-20)25-12-11-21-18-30-23(27-21)28-13-7-8-14-28/h4-6,9-10,18-19H,3,7-8,11-17H2,1-2H3,(H2,24,25,26). The molecular formula is C23H35N5OS. The van der Waals surface area contributed by atoms with Crippen molar-refractivity contribution in [3.8, 4) is 0 Å². The smallest absolute Gasteiger partial charge is 0.191 e. The molecule has 30 heavy (non-hydrogen) atoms. The van der Waals surface area contributed by atoms with Gasteiger partial charge in [0.15, 0.2) is 11.1 Å². The van der Waals surface area contributed by atoms with Crippen molar-refractivity contribution >= 4 is 22.4 Å². The molecule has 0 radical (unpaired) electrons. The number of rotatable bonds is 11. The number of hydrogen-bond acceptors (Lipinski definition) is 5. The Balaban J connectivity index is 1.37. The summed E-state index contributed by atoms with van der Waals surface area (Å²) < 4.78 is 5.84. The third-order valence-corrected chi connectivity index (χ3v) is 5.96. The lowest BCUT2D eigenvalue weighted by molar-refractivity contribution is 0.0945. The Morgan fingerprint density at radius 1 is 1.23 bits per heavy atom. The number of hydrogen-bond donors (Lipinski definition) is 2. The second-order valence-corrected chi connectivity index (χ2v) is 8.65. The summed E-state index contributed by atoms with van der Waals surface area (Å²) in [6.07, 6.45) is 3.48. The van der Waals surface area contributed by atoms with Gasteiger partial charge < -0.3 is 20.3 Å². The highest BCUT2D eigenvalue weighted by atomic mass is 32.1. The van der Waals surface area contributed by atoms with Crippen LogP contribution in [0.4, 0.5) is 5.13 Å². The molecule has 1 aliphatic rings. The van der Waals surface area contributed by atoms with Crippen LogP contribution in [0.3, 0.4) is 0 Å². The molecule has 1 saturated heterocycles. The third-order valence-electron chi connectivity index (χ3n) is 5.01. The van der Waals surface area contributed by atoms with Gasteiger partial charge in [0.1, 0.15) is 0 Å². The van der Waals surface area contributed by atoms with Crippen molar-refractivity contribution in [2.24, 2.45) is 10.9 Å². The monoisotopic (exact) mass is 429 g/mol. The maximum absolute atomic E-state index is 5.84. The van der Waals surface area contributed by atoms with Gasteiger partial charge in [-0.15, -0.1) is 11.3 Å². The molecule has 1 aromatic heterocycles. The second-order valence-electron chi connectivity index (χ2n) is 7.82. The normalized spacial score (nSPS) is 15.4. The quantitative estimate of drug-likeness (QED) is 0.421. The second kappa shape index (κ2) is 12.5. The first-order valence-electron chi connectivity index (χ1n) is 11.1. The average Bonchev–Trinajstić information content (AvgIpc) is 3.45. The summed E-state index contributed by atoms with van der Waals surface area (Å²) >= 11 is 1.76. The molecule has 2 aromatic rings. The molecule has 1 aromatic carbocycles. The largest absolute Gasteiger partial charge is 0.376 e. The van der Waals surface area contributed by atoms with E-state index in [1.165, 1.54) is 23.5 Å². The minimum Gasteiger partial charge on any atom is -0.376 e. The molecular weight excluding hydrogens is 394 g/mol. The van der Waals surface area contributed by atoms with Crippen molar-refractivity contribution < 1.29 is 4.74 Å². The van der Waals surface area contributed by atoms with Gasteiger partial charge in [-0.05, 0) is 31.2 Å². The van der Waals surface area contributed by atoms with E-state index in [9.17, 15) is 0 Å². The highest BCUT2D eigenvalue weighted by Gasteiger charge is 2.15. The molecule has 2 heterocycles. The van der Waals surface area contributed by atoms with E-state index >= 15 is 0 Å². The van der Waals surface area contributed by atoms with Crippen LogP contribution in [0.5, 0.6) is 0 Å². The van der Waals surface area contributed by atoms with Gasteiger partial charge in [-0.25, -0.2) is 4.98 Å². The van der Waals surface area contributed by atoms with Gasteiger partial charge in [-0.1, -0.05) is 37.3 Å². The Bertz CT molecular complexity index is 758. The van der Waals surface area contributed by atoms with Gasteiger partial charge in [0.25, 0.3) is 0 Å². The van der Waals surface area contributed by atoms with Gasteiger partial charge >= 0.3 is 0 Å². The van der Waals surface area contributed by atoms with Crippen LogP contribution in [-0.2, 0) is 17.8 Å². The minimum absolute atomic E-state index is 0.366. The summed E-state index contributed by atoms with van der Waals surface area (Å²) in [7, 11) is 0. The van der Waals surface area contributed by atoms with E-state index in [-0.39, 0.29) is 0 Å². The van der Waals surface area contributed by atoms with Gasteiger partial charge in [-0.2, -0.15) is 0 Å². The molecule has 0 aliphatic carbocycles. The van der Waals surface area contributed by atoms with Crippen LogP contribution in [0, 0.1) is 5.92 Å². The molecule has 164 valence electrons. The van der Waals surface area contributed by atoms with E-state index in [1.54, 1.807) is 11.3 Å². The molecule has 1 atom stereocenters. The summed E-state index contributed by atoms with van der Waals surface area (Å²) in [5.41, 5.74) is 2.37. The third kappa shape index (κ3) is 7.61. The summed E-state index contributed by atoms with van der Waals surface area (Å²) in [4.78, 5) is 11.9. The van der Waals surface area contributed by atoms with Crippen LogP contribution in [0.15, 0.2) is 40.7 Å². The van der Waals surface area contributed by atoms with E-state index in [4.69, 9.17) is 14.7 Å². The molecule has 0 bridgehead atoms. The zero-order chi connectivity index (χ0) is 21.0. The van der Waals surface area contributed by atoms with Crippen molar-refractivity contribution in [3.63, 3.8) is 0 Å². The Labute approximate surface area is 184 Å². The lowest BCUT2D eigenvalue weighted by Gasteiger charge is -2.14. The first-order chi connectivity index (χ1) is 14.7. The number of aromatic nitrogens is 1. The highest BCUT2D eigenvalue weighted by Crippen LogP contribution is 2.24. The number of nitrogens with one attached hydrogen (secondary N) is 2. The molecule has 1 fully saturated rings. The number of anilines is 1.